The number of fused-ring (bicyclic) bond motifs is 1. The molecule has 0 spiro atoms. The van der Waals surface area contributed by atoms with Crippen molar-refractivity contribution in [2.24, 2.45) is 9.98 Å². The van der Waals surface area contributed by atoms with E-state index in [4.69, 9.17) is 23.2 Å². The third-order valence-corrected chi connectivity index (χ3v) is 4.36. The molecule has 6 nitrogen and oxygen atoms in total. The number of amidine groups is 1. The van der Waals surface area contributed by atoms with Gasteiger partial charge in [0.05, 0.1) is 24.5 Å². The van der Waals surface area contributed by atoms with Gasteiger partial charge in [0.15, 0.2) is 0 Å². The molecule has 2 aromatic carbocycles. The molecule has 140 valence electrons. The molecule has 0 saturated heterocycles. The number of hydrogen-bond acceptors (Lipinski definition) is 5. The number of benzene rings is 2. The Morgan fingerprint density at radius 2 is 1.93 bits per heavy atom. The number of nitrogens with zero attached hydrogens (tertiary/aromatic N) is 3. The number of likely N-dealkylation sites (N-methyl/N-ethyl adjacent to an activating group) is 1. The van der Waals surface area contributed by atoms with Crippen molar-refractivity contribution in [3.05, 3.63) is 63.6 Å². The van der Waals surface area contributed by atoms with Gasteiger partial charge in [-0.05, 0) is 38.4 Å². The van der Waals surface area contributed by atoms with E-state index in [1.54, 1.807) is 11.0 Å². The number of hydrogen-bond donors (Lipinski definition) is 2. The topological polar surface area (TPSA) is 69.1 Å². The van der Waals surface area contributed by atoms with Crippen molar-refractivity contribution in [2.45, 2.75) is 0 Å². The first kappa shape index (κ1) is 19.4. The standard InChI is InChI=1S/C19H19Cl2N5O/c1-26(2)11-18(27)25-24-17-10-22-19(13-5-3-4-6-15(13)21)14-9-12(20)7-8-16(14)23-17/h3-9H,10-11H2,1-2H3,(H,23,24)(H,25,27). The summed E-state index contributed by atoms with van der Waals surface area (Å²) in [6, 6.07) is 12.9. The summed E-state index contributed by atoms with van der Waals surface area (Å²) in [5.74, 6) is 0.353. The average molecular weight is 404 g/mol. The minimum Gasteiger partial charge on any atom is -0.301 e. The number of carbonyl (C=O) groups excluding carboxylic acids is 1. The lowest BCUT2D eigenvalue weighted by atomic mass is 10.0. The maximum Gasteiger partial charge on any atom is 0.252 e. The molecule has 0 bridgehead atoms. The molecule has 8 heteroatoms. The summed E-state index contributed by atoms with van der Waals surface area (Å²) in [7, 11) is 3.64. The third kappa shape index (κ3) is 4.86. The molecule has 0 fully saturated rings. The fourth-order valence-electron chi connectivity index (χ4n) is 2.63. The van der Waals surface area contributed by atoms with Gasteiger partial charge in [-0.2, -0.15) is 0 Å². The SMILES string of the molecule is CN(C)CC(=O)NNC1=Nc2ccc(Cl)cc2C(c2ccccc2Cl)=NC1. The summed E-state index contributed by atoms with van der Waals surface area (Å²) in [6.45, 7) is 0.524. The van der Waals surface area contributed by atoms with E-state index in [0.717, 1.165) is 11.1 Å². The quantitative estimate of drug-likeness (QED) is 0.773. The van der Waals surface area contributed by atoms with Gasteiger partial charge in [-0.1, -0.05) is 41.4 Å². The number of amides is 1. The Morgan fingerprint density at radius 1 is 1.15 bits per heavy atom. The van der Waals surface area contributed by atoms with E-state index in [1.165, 1.54) is 0 Å². The maximum absolute atomic E-state index is 11.9. The smallest absolute Gasteiger partial charge is 0.252 e. The maximum atomic E-state index is 11.9. The van der Waals surface area contributed by atoms with Crippen molar-refractivity contribution < 1.29 is 4.79 Å². The molecule has 0 unspecified atom stereocenters. The Balaban J connectivity index is 1.93. The molecule has 0 aliphatic carbocycles. The van der Waals surface area contributed by atoms with Crippen LogP contribution in [0.15, 0.2) is 52.4 Å². The van der Waals surface area contributed by atoms with Gasteiger partial charge in [0.25, 0.3) is 5.91 Å². The number of rotatable bonds is 3. The van der Waals surface area contributed by atoms with E-state index in [1.807, 2.05) is 50.5 Å². The molecule has 3 rings (SSSR count). The second-order valence-electron chi connectivity index (χ2n) is 6.28. The van der Waals surface area contributed by atoms with Crippen LogP contribution in [-0.4, -0.2) is 49.5 Å². The summed E-state index contributed by atoms with van der Waals surface area (Å²) < 4.78 is 0. The number of nitrogens with one attached hydrogen (secondary N) is 2. The monoisotopic (exact) mass is 403 g/mol. The van der Waals surface area contributed by atoms with Crippen LogP contribution in [0.25, 0.3) is 0 Å². The van der Waals surface area contributed by atoms with Crippen LogP contribution in [0.3, 0.4) is 0 Å². The highest BCUT2D eigenvalue weighted by atomic mass is 35.5. The van der Waals surface area contributed by atoms with Crippen molar-refractivity contribution in [3.8, 4) is 0 Å². The van der Waals surface area contributed by atoms with Gasteiger partial charge in [0.1, 0.15) is 5.84 Å². The summed E-state index contributed by atoms with van der Waals surface area (Å²) in [5, 5.41) is 1.18. The predicted octanol–water partition coefficient (Wildman–Crippen LogP) is 3.06. The molecule has 0 saturated carbocycles. The number of aliphatic imine (C=N–C) groups is 2. The van der Waals surface area contributed by atoms with E-state index >= 15 is 0 Å². The number of halogens is 2. The largest absolute Gasteiger partial charge is 0.301 e. The number of carbonyl (C=O) groups is 1. The first-order chi connectivity index (χ1) is 12.9. The zero-order chi connectivity index (χ0) is 19.4. The van der Waals surface area contributed by atoms with Crippen LogP contribution in [0.4, 0.5) is 5.69 Å². The zero-order valence-electron chi connectivity index (χ0n) is 15.0. The lowest BCUT2D eigenvalue weighted by molar-refractivity contribution is -0.122. The highest BCUT2D eigenvalue weighted by molar-refractivity contribution is 6.36. The fraction of sp³-hybridized carbons (Fsp3) is 0.211. The Morgan fingerprint density at radius 3 is 2.67 bits per heavy atom. The lowest BCUT2D eigenvalue weighted by Gasteiger charge is -2.12. The van der Waals surface area contributed by atoms with E-state index in [0.29, 0.717) is 27.3 Å². The highest BCUT2D eigenvalue weighted by Crippen LogP contribution is 2.30. The molecule has 1 aliphatic rings. The molecule has 1 amide bonds. The summed E-state index contributed by atoms with van der Waals surface area (Å²) >= 11 is 12.6. The molecule has 1 heterocycles. The second-order valence-corrected chi connectivity index (χ2v) is 7.12. The first-order valence-electron chi connectivity index (χ1n) is 8.30. The lowest BCUT2D eigenvalue weighted by Crippen LogP contribution is -2.46. The normalized spacial score (nSPS) is 13.4. The predicted molar refractivity (Wildman–Crippen MR) is 110 cm³/mol. The Labute approximate surface area is 167 Å². The minimum atomic E-state index is -0.168. The Kier molecular flexibility index (Phi) is 6.11. The van der Waals surface area contributed by atoms with Gasteiger partial charge in [0, 0.05) is 21.2 Å². The summed E-state index contributed by atoms with van der Waals surface area (Å²) in [4.78, 5) is 22.9. The van der Waals surface area contributed by atoms with Crippen molar-refractivity contribution >= 4 is 46.3 Å². The van der Waals surface area contributed by atoms with E-state index in [-0.39, 0.29) is 19.0 Å². The minimum absolute atomic E-state index is 0.168. The van der Waals surface area contributed by atoms with Crippen molar-refractivity contribution in [3.63, 3.8) is 0 Å². The molecule has 2 N–H and O–H groups in total. The summed E-state index contributed by atoms with van der Waals surface area (Å²) in [6.07, 6.45) is 0. The van der Waals surface area contributed by atoms with Gasteiger partial charge in [-0.15, -0.1) is 0 Å². The van der Waals surface area contributed by atoms with Gasteiger partial charge in [-0.3, -0.25) is 20.6 Å². The van der Waals surface area contributed by atoms with E-state index in [9.17, 15) is 4.79 Å². The molecule has 2 aromatic rings. The first-order valence-corrected chi connectivity index (χ1v) is 9.06. The molecular formula is C19H19Cl2N5O. The van der Waals surface area contributed by atoms with Crippen molar-refractivity contribution in [1.29, 1.82) is 0 Å². The van der Waals surface area contributed by atoms with Crippen LogP contribution in [0.2, 0.25) is 10.0 Å². The van der Waals surface area contributed by atoms with Crippen LogP contribution in [0, 0.1) is 0 Å². The van der Waals surface area contributed by atoms with Crippen LogP contribution >= 0.6 is 23.2 Å². The Bertz CT molecular complexity index is 924. The molecule has 0 aromatic heterocycles. The third-order valence-electron chi connectivity index (χ3n) is 3.79. The molecule has 27 heavy (non-hydrogen) atoms. The number of hydrazine groups is 1. The van der Waals surface area contributed by atoms with Gasteiger partial charge in [-0.25, -0.2) is 4.99 Å². The van der Waals surface area contributed by atoms with Crippen LogP contribution in [-0.2, 0) is 4.79 Å². The molecule has 0 atom stereocenters. The molecule has 0 radical (unpaired) electrons. The van der Waals surface area contributed by atoms with Gasteiger partial charge in [0.2, 0.25) is 0 Å². The van der Waals surface area contributed by atoms with Gasteiger partial charge < -0.3 is 4.90 Å². The van der Waals surface area contributed by atoms with Crippen molar-refractivity contribution in [1.82, 2.24) is 15.8 Å². The van der Waals surface area contributed by atoms with Crippen LogP contribution in [0.1, 0.15) is 11.1 Å². The van der Waals surface area contributed by atoms with Crippen molar-refractivity contribution in [2.75, 3.05) is 27.2 Å². The van der Waals surface area contributed by atoms with Gasteiger partial charge >= 0.3 is 0 Å². The fourth-order valence-corrected chi connectivity index (χ4v) is 3.03. The van der Waals surface area contributed by atoms with E-state index < -0.39 is 0 Å². The summed E-state index contributed by atoms with van der Waals surface area (Å²) in [5.41, 5.74) is 8.48. The second kappa shape index (κ2) is 8.52. The van der Waals surface area contributed by atoms with Crippen LogP contribution < -0.4 is 10.9 Å². The van der Waals surface area contributed by atoms with Crippen LogP contribution in [0.5, 0.6) is 0 Å². The zero-order valence-corrected chi connectivity index (χ0v) is 16.5. The average Bonchev–Trinajstić information content (AvgIpc) is 2.79. The molecule has 1 aliphatic heterocycles. The highest BCUT2D eigenvalue weighted by Gasteiger charge is 2.18. The molecular weight excluding hydrogens is 385 g/mol. The van der Waals surface area contributed by atoms with E-state index in [2.05, 4.69) is 20.8 Å². The Hall–Kier alpha value is -2.41.